The molecule has 41 heavy (non-hydrogen) atoms. The summed E-state index contributed by atoms with van der Waals surface area (Å²) in [4.78, 5) is 30.6. The summed E-state index contributed by atoms with van der Waals surface area (Å²) in [6.45, 7) is 1.97. The predicted molar refractivity (Wildman–Crippen MR) is 164 cm³/mol. The third kappa shape index (κ3) is 5.96. The van der Waals surface area contributed by atoms with Crippen LogP contribution in [0.3, 0.4) is 0 Å². The summed E-state index contributed by atoms with van der Waals surface area (Å²) in [5.41, 5.74) is 3.45. The molecule has 1 fully saturated rings. The largest absolute Gasteiger partial charge is 0.365 e. The van der Waals surface area contributed by atoms with Crippen LogP contribution in [0.5, 0.6) is 0 Å². The van der Waals surface area contributed by atoms with Crippen molar-refractivity contribution in [3.63, 3.8) is 0 Å². The van der Waals surface area contributed by atoms with Gasteiger partial charge in [0.05, 0.1) is 15.5 Å². The maximum Gasteiger partial charge on any atom is 0.253 e. The van der Waals surface area contributed by atoms with Crippen molar-refractivity contribution in [3.8, 4) is 11.4 Å². The molecule has 0 saturated heterocycles. The van der Waals surface area contributed by atoms with Gasteiger partial charge in [0.1, 0.15) is 12.2 Å². The van der Waals surface area contributed by atoms with Crippen LogP contribution in [-0.2, 0) is 0 Å². The van der Waals surface area contributed by atoms with Crippen molar-refractivity contribution in [3.05, 3.63) is 82.9 Å². The number of nitrogens with one attached hydrogen (secondary N) is 2. The van der Waals surface area contributed by atoms with E-state index in [9.17, 15) is 4.79 Å². The Morgan fingerprint density at radius 1 is 1.15 bits per heavy atom. The molecule has 1 saturated carbocycles. The Morgan fingerprint density at radius 3 is 2.76 bits per heavy atom. The first-order chi connectivity index (χ1) is 19.8. The van der Waals surface area contributed by atoms with Crippen LogP contribution < -0.4 is 10.6 Å². The summed E-state index contributed by atoms with van der Waals surface area (Å²) < 4.78 is 1.98. The summed E-state index contributed by atoms with van der Waals surface area (Å²) in [5, 5.41) is 7.78. The van der Waals surface area contributed by atoms with Crippen molar-refractivity contribution in [1.82, 2.24) is 29.8 Å². The summed E-state index contributed by atoms with van der Waals surface area (Å²) in [7, 11) is 0. The lowest BCUT2D eigenvalue weighted by Gasteiger charge is -2.30. The van der Waals surface area contributed by atoms with Gasteiger partial charge in [0.15, 0.2) is 17.0 Å². The number of allylic oxidation sites excluding steroid dienone is 4. The second-order valence-electron chi connectivity index (χ2n) is 10.7. The van der Waals surface area contributed by atoms with Crippen molar-refractivity contribution in [2.45, 2.75) is 56.0 Å². The van der Waals surface area contributed by atoms with E-state index < -0.39 is 4.87 Å². The lowest BCUT2D eigenvalue weighted by Crippen LogP contribution is -2.42. The molecule has 4 aromatic rings. The molecule has 210 valence electrons. The quantitative estimate of drug-likeness (QED) is 0.226. The molecule has 2 aliphatic rings. The van der Waals surface area contributed by atoms with Gasteiger partial charge in [-0.1, -0.05) is 35.4 Å². The first kappa shape index (κ1) is 27.7. The van der Waals surface area contributed by atoms with E-state index in [4.69, 9.17) is 39.8 Å². The molecule has 2 N–H and O–H groups in total. The Kier molecular flexibility index (Phi) is 7.72. The van der Waals surface area contributed by atoms with Crippen LogP contribution in [0, 0.1) is 0 Å². The monoisotopic (exact) mass is 607 g/mol. The van der Waals surface area contributed by atoms with Gasteiger partial charge >= 0.3 is 0 Å². The molecule has 0 radical (unpaired) electrons. The van der Waals surface area contributed by atoms with E-state index in [0.717, 1.165) is 36.9 Å². The van der Waals surface area contributed by atoms with E-state index in [1.807, 2.05) is 29.7 Å². The first-order valence-electron chi connectivity index (χ1n) is 13.5. The number of hydrogen-bond acceptors (Lipinski definition) is 6. The van der Waals surface area contributed by atoms with E-state index in [0.29, 0.717) is 44.8 Å². The Balaban J connectivity index is 1.33. The minimum absolute atomic E-state index is 0.0367. The van der Waals surface area contributed by atoms with Gasteiger partial charge in [-0.05, 0) is 75.4 Å². The number of pyridine rings is 1. The van der Waals surface area contributed by atoms with Crippen LogP contribution in [-0.4, -0.2) is 47.4 Å². The maximum absolute atomic E-state index is 12.7. The average Bonchev–Trinajstić information content (AvgIpc) is 3.34. The number of benzene rings is 1. The van der Waals surface area contributed by atoms with E-state index in [2.05, 4.69) is 31.7 Å². The van der Waals surface area contributed by atoms with Crippen molar-refractivity contribution in [2.75, 3.05) is 5.32 Å². The third-order valence-electron chi connectivity index (χ3n) is 7.46. The van der Waals surface area contributed by atoms with Gasteiger partial charge in [0.25, 0.3) is 5.91 Å². The minimum atomic E-state index is -0.455. The Morgan fingerprint density at radius 2 is 2.00 bits per heavy atom. The zero-order chi connectivity index (χ0) is 28.6. The summed E-state index contributed by atoms with van der Waals surface area (Å²) >= 11 is 19.4. The summed E-state index contributed by atoms with van der Waals surface area (Å²) in [5.74, 6) is 1.15. The van der Waals surface area contributed by atoms with Crippen molar-refractivity contribution < 1.29 is 4.79 Å². The Labute approximate surface area is 252 Å². The van der Waals surface area contributed by atoms with Crippen LogP contribution in [0.2, 0.25) is 10.0 Å². The highest BCUT2D eigenvalue weighted by Gasteiger charge is 2.28. The molecule has 2 aliphatic carbocycles. The molecule has 6 rings (SSSR count). The molecule has 3 aromatic heterocycles. The number of carbonyl (C=O) groups excluding carboxylic acids is 1. The van der Waals surface area contributed by atoms with Gasteiger partial charge in [-0.15, -0.1) is 11.6 Å². The molecule has 3 heterocycles. The van der Waals surface area contributed by atoms with Crippen LogP contribution in [0.1, 0.15) is 49.4 Å². The van der Waals surface area contributed by atoms with E-state index in [-0.39, 0.29) is 18.0 Å². The number of halogens is 3. The van der Waals surface area contributed by atoms with E-state index in [1.54, 1.807) is 43.0 Å². The molecule has 8 nitrogen and oxygen atoms in total. The number of carbonyl (C=O) groups is 1. The van der Waals surface area contributed by atoms with Gasteiger partial charge < -0.3 is 10.6 Å². The van der Waals surface area contributed by atoms with Gasteiger partial charge in [0, 0.05) is 40.8 Å². The fourth-order valence-electron chi connectivity index (χ4n) is 5.37. The van der Waals surface area contributed by atoms with Gasteiger partial charge in [-0.25, -0.2) is 15.0 Å². The maximum atomic E-state index is 12.7. The lowest BCUT2D eigenvalue weighted by molar-refractivity contribution is 0.0926. The molecule has 3 unspecified atom stereocenters. The Bertz CT molecular complexity index is 1670. The second-order valence-corrected chi connectivity index (χ2v) is 12.4. The van der Waals surface area contributed by atoms with Gasteiger partial charge in [0.2, 0.25) is 0 Å². The standard InChI is InChI=1S/C30H28Cl3N7O/c1-30(33)11-9-22(10-12-30)40-27(23-8-7-19(31)14-24(23)32)39-25-26(35-17-36-28(25)40)37-20-5-2-6-21(15-20)38-29(41)18-4-3-13-34-16-18/h3-4,7-11,13-14,16-17,20-21H,2,5-6,12,15H2,1H3,(H,38,41)(H,35,36,37). The normalized spacial score (nSPS) is 22.4. The molecule has 0 bridgehead atoms. The molecule has 0 spiro atoms. The minimum Gasteiger partial charge on any atom is -0.365 e. The van der Waals surface area contributed by atoms with Crippen molar-refractivity contribution in [2.24, 2.45) is 0 Å². The van der Waals surface area contributed by atoms with E-state index in [1.165, 1.54) is 0 Å². The summed E-state index contributed by atoms with van der Waals surface area (Å²) in [6.07, 6.45) is 15.1. The second kappa shape index (κ2) is 11.4. The topological polar surface area (TPSA) is 97.6 Å². The van der Waals surface area contributed by atoms with Crippen LogP contribution in [0.4, 0.5) is 5.82 Å². The number of imidazole rings is 1. The number of aromatic nitrogens is 5. The van der Waals surface area contributed by atoms with Crippen LogP contribution in [0.25, 0.3) is 28.2 Å². The van der Waals surface area contributed by atoms with Crippen LogP contribution in [0.15, 0.2) is 67.3 Å². The molecule has 3 atom stereocenters. The van der Waals surface area contributed by atoms with Crippen molar-refractivity contribution >= 4 is 63.4 Å². The highest BCUT2D eigenvalue weighted by atomic mass is 35.5. The molecule has 1 amide bonds. The number of hydrogen-bond donors (Lipinski definition) is 2. The molecule has 11 heteroatoms. The smallest absolute Gasteiger partial charge is 0.253 e. The number of anilines is 1. The highest BCUT2D eigenvalue weighted by molar-refractivity contribution is 6.36. The lowest BCUT2D eigenvalue weighted by atomic mass is 9.90. The average molecular weight is 609 g/mol. The fraction of sp³-hybridized carbons (Fsp3) is 0.300. The zero-order valence-electron chi connectivity index (χ0n) is 22.3. The van der Waals surface area contributed by atoms with Gasteiger partial charge in [-0.3, -0.25) is 14.3 Å². The summed E-state index contributed by atoms with van der Waals surface area (Å²) in [6, 6.07) is 9.02. The Hall–Kier alpha value is -3.46. The fourth-order valence-corrected chi connectivity index (χ4v) is 6.00. The third-order valence-corrected chi connectivity index (χ3v) is 8.29. The van der Waals surface area contributed by atoms with Gasteiger partial charge in [-0.2, -0.15) is 0 Å². The van der Waals surface area contributed by atoms with Crippen LogP contribution >= 0.6 is 34.8 Å². The number of amides is 1. The predicted octanol–water partition coefficient (Wildman–Crippen LogP) is 7.15. The van der Waals surface area contributed by atoms with E-state index >= 15 is 0 Å². The first-order valence-corrected chi connectivity index (χ1v) is 14.7. The SMILES string of the molecule is CC1(Cl)C=CC(n2c(-c3ccc(Cl)cc3Cl)nc3c(NC4CCCC(NC(=O)c5cccnc5)C4)ncnc32)=CC1. The zero-order valence-corrected chi connectivity index (χ0v) is 24.6. The molecule has 0 aliphatic heterocycles. The number of nitrogens with zero attached hydrogens (tertiary/aromatic N) is 5. The number of fused-ring (bicyclic) bond motifs is 1. The molecule has 1 aromatic carbocycles. The number of alkyl halides is 1. The molecular weight excluding hydrogens is 581 g/mol. The highest BCUT2D eigenvalue weighted by Crippen LogP contribution is 2.38. The number of rotatable bonds is 6. The van der Waals surface area contributed by atoms with Crippen molar-refractivity contribution in [1.29, 1.82) is 0 Å². The molecular formula is C30H28Cl3N7O.